The van der Waals surface area contributed by atoms with Gasteiger partial charge in [0.2, 0.25) is 10.0 Å². The monoisotopic (exact) mass is 376 g/mol. The highest BCUT2D eigenvalue weighted by Gasteiger charge is 2.34. The summed E-state index contributed by atoms with van der Waals surface area (Å²) in [5, 5.41) is 0. The van der Waals surface area contributed by atoms with Crippen molar-refractivity contribution < 1.29 is 26.3 Å². The molecule has 1 aromatic rings. The third-order valence-corrected chi connectivity index (χ3v) is 5.81. The number of rotatable bonds is 6. The molecule has 0 atom stereocenters. The van der Waals surface area contributed by atoms with Crippen LogP contribution < -0.4 is 20.7 Å². The smallest absolute Gasteiger partial charge is 0.404 e. The van der Waals surface area contributed by atoms with Gasteiger partial charge in [0.1, 0.15) is 18.5 Å². The van der Waals surface area contributed by atoms with E-state index < -0.39 is 27.0 Å². The molecule has 0 aliphatic heterocycles. The van der Waals surface area contributed by atoms with E-state index in [-0.39, 0.29) is 17.9 Å². The molecule has 5 nitrogen and oxygen atoms in total. The number of ether oxygens (including phenoxy) is 1. The molecule has 2 rings (SSSR count). The topological polar surface area (TPSA) is 81.4 Å². The van der Waals surface area contributed by atoms with Crippen LogP contribution in [0.3, 0.4) is 0 Å². The van der Waals surface area contributed by atoms with Gasteiger partial charge < -0.3 is 10.5 Å². The fourth-order valence-electron chi connectivity index (χ4n) is 2.93. The average Bonchev–Trinajstić information content (AvgIpc) is 2.52. The third-order valence-electron chi connectivity index (χ3n) is 4.34. The predicted octanol–water partition coefficient (Wildman–Crippen LogP) is 1.42. The van der Waals surface area contributed by atoms with Crippen molar-refractivity contribution in [3.8, 4) is 5.75 Å². The van der Waals surface area contributed by atoms with Crippen molar-refractivity contribution in [3.05, 3.63) is 18.2 Å². The van der Waals surface area contributed by atoms with Crippen molar-refractivity contribution >= 4 is 23.3 Å². The van der Waals surface area contributed by atoms with E-state index in [1.165, 1.54) is 6.07 Å². The quantitative estimate of drug-likeness (QED) is 0.736. The zero-order valence-corrected chi connectivity index (χ0v) is 14.4. The van der Waals surface area contributed by atoms with Crippen LogP contribution in [-0.2, 0) is 10.0 Å². The molecular weight excluding hydrogens is 356 g/mol. The second-order valence-electron chi connectivity index (χ2n) is 6.23. The molecule has 2 radical (unpaired) electrons. The number of sulfonamides is 1. The molecule has 1 saturated carbocycles. The first-order valence-electron chi connectivity index (χ1n) is 7.95. The maximum atomic E-state index is 12.5. The van der Waals surface area contributed by atoms with Gasteiger partial charge in [-0.05, 0) is 56.2 Å². The fraction of sp³-hybridized carbons (Fsp3) is 0.600. The van der Waals surface area contributed by atoms with Crippen LogP contribution in [0.25, 0.3) is 0 Å². The lowest BCUT2D eigenvalue weighted by Gasteiger charge is -2.27. The highest BCUT2D eigenvalue weighted by Crippen LogP contribution is 2.30. The molecule has 25 heavy (non-hydrogen) atoms. The van der Waals surface area contributed by atoms with Crippen LogP contribution in [0.2, 0.25) is 0 Å². The number of nitrogens with one attached hydrogen (secondary N) is 1. The summed E-state index contributed by atoms with van der Waals surface area (Å²) in [5.41, 5.74) is 5.59. The van der Waals surface area contributed by atoms with E-state index in [2.05, 4.69) is 9.46 Å². The minimum Gasteiger partial charge on any atom is -0.404 e. The molecule has 3 N–H and O–H groups in total. The molecule has 0 unspecified atom stereocenters. The van der Waals surface area contributed by atoms with Gasteiger partial charge in [-0.2, -0.15) is 0 Å². The van der Waals surface area contributed by atoms with Crippen molar-refractivity contribution in [1.29, 1.82) is 0 Å². The SMILES string of the molecule is [B]c1ccc(S(=O)(=O)NCC2CCC(CN)CC2)c(OC(F)(F)F)c1. The Kier molecular flexibility index (Phi) is 6.39. The van der Waals surface area contributed by atoms with E-state index in [1.807, 2.05) is 0 Å². The minimum atomic E-state index is -5.02. The van der Waals surface area contributed by atoms with Crippen LogP contribution in [0.15, 0.2) is 23.1 Å². The van der Waals surface area contributed by atoms with Crippen molar-refractivity contribution in [3.63, 3.8) is 0 Å². The van der Waals surface area contributed by atoms with Gasteiger partial charge in [0.25, 0.3) is 0 Å². The first kappa shape index (κ1) is 20.1. The van der Waals surface area contributed by atoms with Crippen LogP contribution in [0.5, 0.6) is 5.75 Å². The molecule has 10 heteroatoms. The molecule has 0 bridgehead atoms. The molecule has 138 valence electrons. The molecule has 1 aromatic carbocycles. The number of alkyl halides is 3. The number of benzene rings is 1. The van der Waals surface area contributed by atoms with Gasteiger partial charge in [-0.15, -0.1) is 13.2 Å². The van der Waals surface area contributed by atoms with Crippen molar-refractivity contribution in [1.82, 2.24) is 4.72 Å². The van der Waals surface area contributed by atoms with E-state index in [0.29, 0.717) is 12.5 Å². The summed E-state index contributed by atoms with van der Waals surface area (Å²) in [6.07, 6.45) is -1.50. The van der Waals surface area contributed by atoms with Crippen LogP contribution in [0.1, 0.15) is 25.7 Å². The fourth-order valence-corrected chi connectivity index (χ4v) is 4.15. The van der Waals surface area contributed by atoms with E-state index >= 15 is 0 Å². The van der Waals surface area contributed by atoms with Crippen molar-refractivity contribution in [2.75, 3.05) is 13.1 Å². The lowest BCUT2D eigenvalue weighted by Crippen LogP contribution is -2.33. The van der Waals surface area contributed by atoms with Gasteiger partial charge in [0.15, 0.2) is 0 Å². The Labute approximate surface area is 146 Å². The first-order chi connectivity index (χ1) is 11.6. The van der Waals surface area contributed by atoms with E-state index in [1.54, 1.807) is 0 Å². The second-order valence-corrected chi connectivity index (χ2v) is 7.96. The lowest BCUT2D eigenvalue weighted by molar-refractivity contribution is -0.275. The summed E-state index contributed by atoms with van der Waals surface area (Å²) in [5.74, 6) is -0.248. The number of hydrogen-bond donors (Lipinski definition) is 2. The molecule has 1 aliphatic rings. The number of halogens is 3. The Morgan fingerprint density at radius 2 is 1.80 bits per heavy atom. The standard InChI is InChI=1S/C15H20BF3N2O3S/c16-12-5-6-14(13(7-12)24-15(17,18)19)25(22,23)21-9-11-3-1-10(8-20)2-4-11/h5-7,10-11,21H,1-4,8-9,20H2. The normalized spacial score (nSPS) is 21.9. The Morgan fingerprint density at radius 1 is 1.20 bits per heavy atom. The molecule has 0 spiro atoms. The predicted molar refractivity (Wildman–Crippen MR) is 88.2 cm³/mol. The van der Waals surface area contributed by atoms with Crippen molar-refractivity contribution in [2.24, 2.45) is 17.6 Å². The van der Waals surface area contributed by atoms with Crippen LogP contribution in [0, 0.1) is 11.8 Å². The maximum absolute atomic E-state index is 12.5. The summed E-state index contributed by atoms with van der Waals surface area (Å²) in [6, 6.07) is 3.06. The van der Waals surface area contributed by atoms with Gasteiger partial charge >= 0.3 is 6.36 Å². The Morgan fingerprint density at radius 3 is 2.36 bits per heavy atom. The van der Waals surface area contributed by atoms with Gasteiger partial charge in [-0.3, -0.25) is 0 Å². The largest absolute Gasteiger partial charge is 0.573 e. The molecule has 0 aromatic heterocycles. The zero-order valence-electron chi connectivity index (χ0n) is 13.6. The second kappa shape index (κ2) is 7.97. The summed E-state index contributed by atoms with van der Waals surface area (Å²) in [7, 11) is 1.28. The van der Waals surface area contributed by atoms with E-state index in [4.69, 9.17) is 13.6 Å². The Hall–Kier alpha value is -1.26. The zero-order chi connectivity index (χ0) is 18.7. The van der Waals surface area contributed by atoms with Crippen LogP contribution in [-0.4, -0.2) is 35.7 Å². The van der Waals surface area contributed by atoms with E-state index in [0.717, 1.165) is 37.8 Å². The molecule has 0 heterocycles. The van der Waals surface area contributed by atoms with Crippen LogP contribution in [0.4, 0.5) is 13.2 Å². The van der Waals surface area contributed by atoms with Crippen molar-refractivity contribution in [2.45, 2.75) is 36.9 Å². The summed E-state index contributed by atoms with van der Waals surface area (Å²) < 4.78 is 68.5. The number of hydrogen-bond acceptors (Lipinski definition) is 4. The third kappa shape index (κ3) is 5.90. The highest BCUT2D eigenvalue weighted by atomic mass is 32.2. The summed E-state index contributed by atoms with van der Waals surface area (Å²) in [4.78, 5) is -0.588. The first-order valence-corrected chi connectivity index (χ1v) is 9.44. The molecular formula is C15H20BF3N2O3S. The van der Waals surface area contributed by atoms with Gasteiger partial charge in [0, 0.05) is 6.54 Å². The van der Waals surface area contributed by atoms with Gasteiger partial charge in [-0.25, -0.2) is 13.1 Å². The average molecular weight is 376 g/mol. The molecule has 0 amide bonds. The maximum Gasteiger partial charge on any atom is 0.573 e. The Balaban J connectivity index is 2.09. The van der Waals surface area contributed by atoms with Gasteiger partial charge in [0.05, 0.1) is 0 Å². The summed E-state index contributed by atoms with van der Waals surface area (Å²) >= 11 is 0. The minimum absolute atomic E-state index is 0.0293. The van der Waals surface area contributed by atoms with Gasteiger partial charge in [-0.1, -0.05) is 11.5 Å². The lowest BCUT2D eigenvalue weighted by atomic mass is 9.82. The summed E-state index contributed by atoms with van der Waals surface area (Å²) in [6.45, 7) is 0.775. The Bertz CT molecular complexity index is 690. The number of nitrogens with two attached hydrogens (primary N) is 1. The highest BCUT2D eigenvalue weighted by molar-refractivity contribution is 7.89. The van der Waals surface area contributed by atoms with Crippen LogP contribution >= 0.6 is 0 Å². The molecule has 0 saturated heterocycles. The molecule has 1 aliphatic carbocycles. The van der Waals surface area contributed by atoms with E-state index in [9.17, 15) is 21.6 Å². The molecule has 1 fully saturated rings.